The fourth-order valence-electron chi connectivity index (χ4n) is 4.61. The lowest BCUT2D eigenvalue weighted by atomic mass is 9.91. The van der Waals surface area contributed by atoms with Crippen LogP contribution in [0.15, 0.2) is 24.5 Å². The molecule has 3 aromatic rings. The molecule has 0 atom stereocenters. The second-order valence-electron chi connectivity index (χ2n) is 9.47. The number of halogens is 3. The number of nitrogens with one attached hydrogen (secondary N) is 2. The number of nitrogens with two attached hydrogens (primary N) is 1. The van der Waals surface area contributed by atoms with Gasteiger partial charge in [-0.15, -0.1) is 12.4 Å². The number of benzene rings is 1. The smallest absolute Gasteiger partial charge is 0.263 e. The van der Waals surface area contributed by atoms with E-state index in [0.29, 0.717) is 51.8 Å². The van der Waals surface area contributed by atoms with Gasteiger partial charge in [0.1, 0.15) is 23.3 Å². The molecule has 35 heavy (non-hydrogen) atoms. The topological polar surface area (TPSA) is 106 Å². The zero-order chi connectivity index (χ0) is 23.8. The standard InChI is InChI=1S/C25H29F2N5O2.ClH/c1-13-20(25(33)32-17-7-5-16(28)6-8-17)22-23(31-13)21(29-12-30-22)18-10-15(24(26)27)4-9-19(18)34-11-14-2-3-14;/h4,9-10,12,14,16-17,24,31H,2-3,5-8,11,28H2,1H3,(H,32,33);1H. The van der Waals surface area contributed by atoms with Crippen LogP contribution in [0.4, 0.5) is 8.78 Å². The highest BCUT2D eigenvalue weighted by molar-refractivity contribution is 6.09. The number of aromatic nitrogens is 3. The molecule has 0 spiro atoms. The summed E-state index contributed by atoms with van der Waals surface area (Å²) in [5.41, 5.74) is 8.84. The number of fused-ring (bicyclic) bond motifs is 1. The molecule has 0 unspecified atom stereocenters. The Morgan fingerprint density at radius 3 is 2.63 bits per heavy atom. The third-order valence-corrected chi connectivity index (χ3v) is 6.79. The van der Waals surface area contributed by atoms with Crippen molar-refractivity contribution >= 4 is 29.3 Å². The second kappa shape index (κ2) is 10.5. The summed E-state index contributed by atoms with van der Waals surface area (Å²) in [7, 11) is 0. The van der Waals surface area contributed by atoms with Gasteiger partial charge in [-0.25, -0.2) is 18.7 Å². The van der Waals surface area contributed by atoms with Crippen molar-refractivity contribution in [3.05, 3.63) is 41.3 Å². The Kier molecular flexibility index (Phi) is 7.56. The van der Waals surface area contributed by atoms with Crippen molar-refractivity contribution < 1.29 is 18.3 Å². The number of alkyl halides is 2. The van der Waals surface area contributed by atoms with Gasteiger partial charge in [0, 0.05) is 28.9 Å². The van der Waals surface area contributed by atoms with E-state index in [-0.39, 0.29) is 36.0 Å². The van der Waals surface area contributed by atoms with Crippen molar-refractivity contribution in [2.45, 2.75) is 64.0 Å². The lowest BCUT2D eigenvalue weighted by Crippen LogP contribution is -2.40. The molecule has 188 valence electrons. The van der Waals surface area contributed by atoms with E-state index < -0.39 is 6.43 Å². The Morgan fingerprint density at radius 1 is 1.20 bits per heavy atom. The summed E-state index contributed by atoms with van der Waals surface area (Å²) < 4.78 is 33.0. The first kappa shape index (κ1) is 25.3. The van der Waals surface area contributed by atoms with Gasteiger partial charge in [0.15, 0.2) is 0 Å². The summed E-state index contributed by atoms with van der Waals surface area (Å²) >= 11 is 0. The number of hydrogen-bond donors (Lipinski definition) is 3. The van der Waals surface area contributed by atoms with Crippen molar-refractivity contribution in [2.24, 2.45) is 11.7 Å². The number of rotatable bonds is 7. The van der Waals surface area contributed by atoms with Gasteiger partial charge in [-0.1, -0.05) is 0 Å². The van der Waals surface area contributed by atoms with Crippen molar-refractivity contribution in [1.82, 2.24) is 20.3 Å². The minimum absolute atomic E-state index is 0. The van der Waals surface area contributed by atoms with Crippen LogP contribution in [-0.4, -0.2) is 39.5 Å². The van der Waals surface area contributed by atoms with E-state index in [1.165, 1.54) is 18.5 Å². The number of amides is 1. The molecule has 1 aromatic carbocycles. The SMILES string of the molecule is Cc1[nH]c2c(-c3cc(C(F)F)ccc3OCC3CC3)ncnc2c1C(=O)NC1CCC(N)CC1.Cl. The fourth-order valence-corrected chi connectivity index (χ4v) is 4.61. The molecule has 4 N–H and O–H groups in total. The summed E-state index contributed by atoms with van der Waals surface area (Å²) in [5, 5.41) is 3.11. The van der Waals surface area contributed by atoms with Gasteiger partial charge in [0.05, 0.1) is 17.7 Å². The number of aromatic amines is 1. The van der Waals surface area contributed by atoms with E-state index >= 15 is 0 Å². The summed E-state index contributed by atoms with van der Waals surface area (Å²) in [5.74, 6) is 0.791. The van der Waals surface area contributed by atoms with Crippen LogP contribution in [0.25, 0.3) is 22.3 Å². The van der Waals surface area contributed by atoms with Crippen molar-refractivity contribution in [2.75, 3.05) is 6.61 Å². The van der Waals surface area contributed by atoms with Crippen LogP contribution in [0.5, 0.6) is 5.75 Å². The zero-order valence-corrected chi connectivity index (χ0v) is 20.3. The highest BCUT2D eigenvalue weighted by Crippen LogP contribution is 2.38. The van der Waals surface area contributed by atoms with Crippen LogP contribution < -0.4 is 15.8 Å². The number of hydrogen-bond acceptors (Lipinski definition) is 5. The molecule has 0 aliphatic heterocycles. The average Bonchev–Trinajstić information content (AvgIpc) is 3.58. The average molecular weight is 506 g/mol. The minimum atomic E-state index is -2.62. The molecule has 2 heterocycles. The van der Waals surface area contributed by atoms with Gasteiger partial charge >= 0.3 is 0 Å². The summed E-state index contributed by atoms with van der Waals surface area (Å²) in [6, 6.07) is 4.63. The normalized spacial score (nSPS) is 20.0. The van der Waals surface area contributed by atoms with Crippen molar-refractivity contribution in [1.29, 1.82) is 0 Å². The summed E-state index contributed by atoms with van der Waals surface area (Å²) in [6.45, 7) is 2.34. The Balaban J connectivity index is 0.00000289. The highest BCUT2D eigenvalue weighted by atomic mass is 35.5. The molecule has 2 aliphatic carbocycles. The third-order valence-electron chi connectivity index (χ3n) is 6.79. The first-order valence-electron chi connectivity index (χ1n) is 11.9. The Labute approximate surface area is 208 Å². The molecule has 7 nitrogen and oxygen atoms in total. The summed E-state index contributed by atoms with van der Waals surface area (Å²) in [4.78, 5) is 25.2. The molecular weight excluding hydrogens is 476 g/mol. The van der Waals surface area contributed by atoms with E-state index in [9.17, 15) is 13.6 Å². The number of aryl methyl sites for hydroxylation is 1. The Hall–Kier alpha value is -2.78. The van der Waals surface area contributed by atoms with Crippen LogP contribution in [0.1, 0.15) is 66.6 Å². The molecule has 1 amide bonds. The number of H-pyrrole nitrogens is 1. The lowest BCUT2D eigenvalue weighted by molar-refractivity contribution is 0.0926. The van der Waals surface area contributed by atoms with Gasteiger partial charge in [-0.05, 0) is 69.6 Å². The van der Waals surface area contributed by atoms with E-state index in [4.69, 9.17) is 10.5 Å². The van der Waals surface area contributed by atoms with Crippen molar-refractivity contribution in [3.63, 3.8) is 0 Å². The van der Waals surface area contributed by atoms with Crippen molar-refractivity contribution in [3.8, 4) is 17.0 Å². The number of nitrogens with zero attached hydrogens (tertiary/aromatic N) is 2. The molecular formula is C25H30ClF2N5O2. The lowest BCUT2D eigenvalue weighted by Gasteiger charge is -2.26. The fraction of sp³-hybridized carbons (Fsp3) is 0.480. The number of ether oxygens (including phenoxy) is 1. The molecule has 2 fully saturated rings. The van der Waals surface area contributed by atoms with Gasteiger partial charge in [0.25, 0.3) is 12.3 Å². The first-order chi connectivity index (χ1) is 16.4. The molecule has 2 aliphatic rings. The monoisotopic (exact) mass is 505 g/mol. The second-order valence-corrected chi connectivity index (χ2v) is 9.47. The molecule has 2 aromatic heterocycles. The third kappa shape index (κ3) is 5.41. The van der Waals surface area contributed by atoms with Gasteiger partial charge in [-0.3, -0.25) is 4.79 Å². The van der Waals surface area contributed by atoms with Crippen LogP contribution >= 0.6 is 12.4 Å². The maximum atomic E-state index is 13.5. The predicted molar refractivity (Wildman–Crippen MR) is 132 cm³/mol. The molecule has 5 rings (SSSR count). The predicted octanol–water partition coefficient (Wildman–Crippen LogP) is 5.08. The number of carbonyl (C=O) groups is 1. The van der Waals surface area contributed by atoms with Gasteiger partial charge < -0.3 is 20.8 Å². The largest absolute Gasteiger partial charge is 0.493 e. The van der Waals surface area contributed by atoms with Gasteiger partial charge in [0.2, 0.25) is 0 Å². The molecule has 10 heteroatoms. The van der Waals surface area contributed by atoms with Crippen LogP contribution in [-0.2, 0) is 0 Å². The van der Waals surface area contributed by atoms with Crippen LogP contribution in [0, 0.1) is 12.8 Å². The quantitative estimate of drug-likeness (QED) is 0.415. The maximum absolute atomic E-state index is 13.5. The highest BCUT2D eigenvalue weighted by Gasteiger charge is 2.27. The van der Waals surface area contributed by atoms with Crippen LogP contribution in [0.3, 0.4) is 0 Å². The number of carbonyl (C=O) groups excluding carboxylic acids is 1. The summed E-state index contributed by atoms with van der Waals surface area (Å²) in [6.07, 6.45) is 4.42. The molecule has 0 radical (unpaired) electrons. The van der Waals surface area contributed by atoms with E-state index in [0.717, 1.165) is 38.5 Å². The Morgan fingerprint density at radius 2 is 1.94 bits per heavy atom. The molecule has 0 saturated heterocycles. The molecule has 2 saturated carbocycles. The Bertz CT molecular complexity index is 1210. The molecule has 0 bridgehead atoms. The van der Waals surface area contributed by atoms with E-state index in [1.54, 1.807) is 13.0 Å². The maximum Gasteiger partial charge on any atom is 0.263 e. The first-order valence-corrected chi connectivity index (χ1v) is 11.9. The zero-order valence-electron chi connectivity index (χ0n) is 19.5. The van der Waals surface area contributed by atoms with E-state index in [1.807, 2.05) is 0 Å². The minimum Gasteiger partial charge on any atom is -0.493 e. The van der Waals surface area contributed by atoms with Gasteiger partial charge in [-0.2, -0.15) is 0 Å². The van der Waals surface area contributed by atoms with E-state index in [2.05, 4.69) is 20.3 Å². The van der Waals surface area contributed by atoms with Crippen LogP contribution in [0.2, 0.25) is 0 Å².